The molecule has 2 aliphatic carbocycles. The van der Waals surface area contributed by atoms with Gasteiger partial charge in [-0.2, -0.15) is 0 Å². The minimum atomic E-state index is -0.104. The van der Waals surface area contributed by atoms with Crippen LogP contribution in [0, 0.1) is 17.8 Å². The first-order valence-corrected chi connectivity index (χ1v) is 7.11. The number of fused-ring (bicyclic) bond motifs is 2. The molecule has 0 amide bonds. The summed E-state index contributed by atoms with van der Waals surface area (Å²) in [5, 5.41) is 10.1. The van der Waals surface area contributed by atoms with E-state index in [1.807, 2.05) is 0 Å². The molecule has 2 nitrogen and oxygen atoms in total. The molecule has 16 heavy (non-hydrogen) atoms. The van der Waals surface area contributed by atoms with Gasteiger partial charge in [-0.1, -0.05) is 6.42 Å². The van der Waals surface area contributed by atoms with Crippen LogP contribution >= 0.6 is 0 Å². The molecule has 0 radical (unpaired) electrons. The highest BCUT2D eigenvalue weighted by atomic mass is 16.5. The molecular formula is C14H24O2. The minimum absolute atomic E-state index is 0.104. The van der Waals surface area contributed by atoms with E-state index in [1.165, 1.54) is 32.1 Å². The van der Waals surface area contributed by atoms with E-state index in [2.05, 4.69) is 0 Å². The van der Waals surface area contributed by atoms with Crippen LogP contribution in [0.2, 0.25) is 0 Å². The maximum Gasteiger partial charge on any atom is 0.0600 e. The van der Waals surface area contributed by atoms with Crippen molar-refractivity contribution in [3.63, 3.8) is 0 Å². The first-order chi connectivity index (χ1) is 7.81. The van der Waals surface area contributed by atoms with Crippen LogP contribution in [0.3, 0.4) is 0 Å². The van der Waals surface area contributed by atoms with Gasteiger partial charge in [-0.3, -0.25) is 0 Å². The molecule has 1 N–H and O–H groups in total. The molecule has 0 aromatic carbocycles. The average Bonchev–Trinajstić information content (AvgIpc) is 2.92. The minimum Gasteiger partial charge on any atom is -0.393 e. The molecule has 0 aromatic rings. The molecule has 3 rings (SSSR count). The molecule has 5 unspecified atom stereocenters. The van der Waals surface area contributed by atoms with Crippen molar-refractivity contribution in [1.82, 2.24) is 0 Å². The van der Waals surface area contributed by atoms with Gasteiger partial charge in [0.15, 0.2) is 0 Å². The summed E-state index contributed by atoms with van der Waals surface area (Å²) >= 11 is 0. The smallest absolute Gasteiger partial charge is 0.0600 e. The number of aliphatic hydroxyl groups is 1. The van der Waals surface area contributed by atoms with Crippen LogP contribution in [0.1, 0.15) is 51.4 Å². The van der Waals surface area contributed by atoms with Gasteiger partial charge >= 0.3 is 0 Å². The second-order valence-electron chi connectivity index (χ2n) is 6.20. The number of aliphatic hydroxyl groups excluding tert-OH is 1. The number of ether oxygens (including phenoxy) is 1. The quantitative estimate of drug-likeness (QED) is 0.795. The first-order valence-electron chi connectivity index (χ1n) is 7.11. The highest BCUT2D eigenvalue weighted by molar-refractivity contribution is 4.91. The first kappa shape index (κ1) is 11.0. The maximum atomic E-state index is 10.1. The molecule has 3 fully saturated rings. The Morgan fingerprint density at radius 2 is 2.06 bits per heavy atom. The van der Waals surface area contributed by atoms with Crippen molar-refractivity contribution in [1.29, 1.82) is 0 Å². The Hall–Kier alpha value is -0.0800. The molecule has 1 aliphatic heterocycles. The predicted molar refractivity (Wildman–Crippen MR) is 63.2 cm³/mol. The molecule has 1 heterocycles. The van der Waals surface area contributed by atoms with Gasteiger partial charge in [0.05, 0.1) is 12.2 Å². The highest BCUT2D eigenvalue weighted by Gasteiger charge is 2.40. The molecule has 0 aromatic heterocycles. The fourth-order valence-electron chi connectivity index (χ4n) is 4.24. The summed E-state index contributed by atoms with van der Waals surface area (Å²) in [7, 11) is 0. The van der Waals surface area contributed by atoms with E-state index in [-0.39, 0.29) is 6.10 Å². The van der Waals surface area contributed by atoms with Crippen LogP contribution in [-0.4, -0.2) is 23.9 Å². The van der Waals surface area contributed by atoms with E-state index in [0.717, 1.165) is 43.6 Å². The van der Waals surface area contributed by atoms with E-state index in [9.17, 15) is 5.11 Å². The Morgan fingerprint density at radius 3 is 2.69 bits per heavy atom. The van der Waals surface area contributed by atoms with Crippen molar-refractivity contribution < 1.29 is 9.84 Å². The molecular weight excluding hydrogens is 200 g/mol. The lowest BCUT2D eigenvalue weighted by molar-refractivity contribution is 0.0392. The molecule has 2 heteroatoms. The summed E-state index contributed by atoms with van der Waals surface area (Å²) in [6.07, 6.45) is 10.3. The van der Waals surface area contributed by atoms with Gasteiger partial charge in [0.25, 0.3) is 0 Å². The van der Waals surface area contributed by atoms with Gasteiger partial charge in [-0.05, 0) is 62.7 Å². The summed E-state index contributed by atoms with van der Waals surface area (Å²) < 4.78 is 5.59. The molecule has 2 bridgehead atoms. The standard InChI is InChI=1S/C14H24O2/c15-13(9-14-2-1-5-16-14)8-12-7-10-3-4-11(12)6-10/h10-15H,1-9H2. The van der Waals surface area contributed by atoms with Gasteiger partial charge in [-0.15, -0.1) is 0 Å². The lowest BCUT2D eigenvalue weighted by Crippen LogP contribution is -2.22. The molecule has 0 spiro atoms. The van der Waals surface area contributed by atoms with Crippen molar-refractivity contribution in [2.45, 2.75) is 63.6 Å². The van der Waals surface area contributed by atoms with Crippen molar-refractivity contribution in [2.24, 2.45) is 17.8 Å². The third kappa shape index (κ3) is 2.28. The van der Waals surface area contributed by atoms with Gasteiger partial charge in [0, 0.05) is 6.61 Å². The topological polar surface area (TPSA) is 29.5 Å². The zero-order valence-electron chi connectivity index (χ0n) is 10.1. The summed E-state index contributed by atoms with van der Waals surface area (Å²) in [5.41, 5.74) is 0. The van der Waals surface area contributed by atoms with Gasteiger partial charge in [0.2, 0.25) is 0 Å². The van der Waals surface area contributed by atoms with Gasteiger partial charge in [0.1, 0.15) is 0 Å². The lowest BCUT2D eigenvalue weighted by Gasteiger charge is -2.25. The maximum absolute atomic E-state index is 10.1. The van der Waals surface area contributed by atoms with Gasteiger partial charge in [-0.25, -0.2) is 0 Å². The second kappa shape index (κ2) is 4.66. The van der Waals surface area contributed by atoms with Gasteiger partial charge < -0.3 is 9.84 Å². The number of hydrogen-bond acceptors (Lipinski definition) is 2. The second-order valence-corrected chi connectivity index (χ2v) is 6.20. The molecule has 1 saturated heterocycles. The van der Waals surface area contributed by atoms with E-state index < -0.39 is 0 Å². The van der Waals surface area contributed by atoms with Crippen molar-refractivity contribution in [2.75, 3.05) is 6.61 Å². The van der Waals surface area contributed by atoms with Crippen LogP contribution in [-0.2, 0) is 4.74 Å². The monoisotopic (exact) mass is 224 g/mol. The lowest BCUT2D eigenvalue weighted by atomic mass is 9.84. The SMILES string of the molecule is OC(CC1CCCO1)CC1CC2CCC1C2. The Balaban J connectivity index is 1.43. The molecule has 5 atom stereocenters. The Kier molecular flexibility index (Phi) is 3.21. The van der Waals surface area contributed by atoms with E-state index in [0.29, 0.717) is 6.10 Å². The van der Waals surface area contributed by atoms with Crippen LogP contribution in [0.25, 0.3) is 0 Å². The van der Waals surface area contributed by atoms with Crippen LogP contribution in [0.5, 0.6) is 0 Å². The Bertz CT molecular complexity index is 235. The van der Waals surface area contributed by atoms with E-state index >= 15 is 0 Å². The van der Waals surface area contributed by atoms with Crippen molar-refractivity contribution in [3.05, 3.63) is 0 Å². The zero-order chi connectivity index (χ0) is 11.0. The van der Waals surface area contributed by atoms with Crippen LogP contribution < -0.4 is 0 Å². The van der Waals surface area contributed by atoms with Crippen LogP contribution in [0.15, 0.2) is 0 Å². The fraction of sp³-hybridized carbons (Fsp3) is 1.00. The van der Waals surface area contributed by atoms with Crippen LogP contribution in [0.4, 0.5) is 0 Å². The third-order valence-electron chi connectivity index (χ3n) is 5.02. The largest absolute Gasteiger partial charge is 0.393 e. The number of rotatable bonds is 4. The fourth-order valence-corrected chi connectivity index (χ4v) is 4.24. The Labute approximate surface area is 98.4 Å². The predicted octanol–water partition coefficient (Wildman–Crippen LogP) is 2.74. The zero-order valence-corrected chi connectivity index (χ0v) is 10.1. The van der Waals surface area contributed by atoms with Crippen molar-refractivity contribution >= 4 is 0 Å². The molecule has 92 valence electrons. The summed E-state index contributed by atoms with van der Waals surface area (Å²) in [4.78, 5) is 0. The van der Waals surface area contributed by atoms with E-state index in [4.69, 9.17) is 4.74 Å². The Morgan fingerprint density at radius 1 is 1.12 bits per heavy atom. The summed E-state index contributed by atoms with van der Waals surface area (Å²) in [6.45, 7) is 0.908. The molecule has 2 saturated carbocycles. The van der Waals surface area contributed by atoms with E-state index in [1.54, 1.807) is 0 Å². The van der Waals surface area contributed by atoms with Crippen molar-refractivity contribution in [3.8, 4) is 0 Å². The normalized spacial score (nSPS) is 44.1. The third-order valence-corrected chi connectivity index (χ3v) is 5.02. The summed E-state index contributed by atoms with van der Waals surface area (Å²) in [6, 6.07) is 0. The summed E-state index contributed by atoms with van der Waals surface area (Å²) in [5.74, 6) is 2.78. The number of hydrogen-bond donors (Lipinski definition) is 1. The molecule has 3 aliphatic rings. The average molecular weight is 224 g/mol. The highest BCUT2D eigenvalue weighted by Crippen LogP contribution is 2.50.